The Morgan fingerprint density at radius 1 is 1.21 bits per heavy atom. The number of rotatable bonds is 5. The van der Waals surface area contributed by atoms with Crippen molar-refractivity contribution >= 4 is 23.8 Å². The molecule has 1 aliphatic heterocycles. The van der Waals surface area contributed by atoms with Crippen LogP contribution in [0.15, 0.2) is 47.6 Å². The lowest BCUT2D eigenvalue weighted by molar-refractivity contribution is -0.385. The molecule has 1 saturated heterocycles. The quantitative estimate of drug-likeness (QED) is 0.370. The van der Waals surface area contributed by atoms with Crippen LogP contribution in [0.4, 0.5) is 10.5 Å². The zero-order chi connectivity index (χ0) is 20.5. The number of benzene rings is 2. The Bertz CT molecular complexity index is 986. The third kappa shape index (κ3) is 3.29. The topological polar surface area (TPSA) is 114 Å². The average molecular weight is 382 g/mol. The predicted molar refractivity (Wildman–Crippen MR) is 101 cm³/mol. The van der Waals surface area contributed by atoms with Gasteiger partial charge in [-0.2, -0.15) is 5.10 Å². The monoisotopic (exact) mass is 382 g/mol. The number of methoxy groups -OCH3 is 1. The molecule has 1 atom stereocenters. The molecule has 1 fully saturated rings. The van der Waals surface area contributed by atoms with Crippen LogP contribution in [0.2, 0.25) is 0 Å². The lowest BCUT2D eigenvalue weighted by Crippen LogP contribution is -2.40. The Balaban J connectivity index is 1.86. The van der Waals surface area contributed by atoms with Crippen molar-refractivity contribution in [2.45, 2.75) is 19.4 Å². The van der Waals surface area contributed by atoms with Crippen LogP contribution in [0.25, 0.3) is 0 Å². The number of amides is 3. The van der Waals surface area contributed by atoms with E-state index in [0.717, 1.165) is 5.01 Å². The molecule has 9 nitrogen and oxygen atoms in total. The molecule has 3 rings (SSSR count). The Labute approximate surface area is 160 Å². The van der Waals surface area contributed by atoms with Crippen molar-refractivity contribution in [1.29, 1.82) is 0 Å². The summed E-state index contributed by atoms with van der Waals surface area (Å²) >= 11 is 0. The molecule has 2 aromatic rings. The van der Waals surface area contributed by atoms with Gasteiger partial charge >= 0.3 is 6.03 Å². The maximum Gasteiger partial charge on any atom is 0.346 e. The van der Waals surface area contributed by atoms with Gasteiger partial charge in [-0.15, -0.1) is 5.01 Å². The predicted octanol–water partition coefficient (Wildman–Crippen LogP) is 2.71. The number of nitro benzene ring substituents is 1. The second kappa shape index (κ2) is 7.10. The number of urea groups is 1. The van der Waals surface area contributed by atoms with Crippen molar-refractivity contribution in [3.8, 4) is 5.75 Å². The van der Waals surface area contributed by atoms with Crippen LogP contribution in [0, 0.1) is 17.0 Å². The number of aryl methyl sites for hydroxylation is 1. The first-order valence-electron chi connectivity index (χ1n) is 8.36. The molecule has 28 heavy (non-hydrogen) atoms. The Kier molecular flexibility index (Phi) is 4.83. The van der Waals surface area contributed by atoms with E-state index >= 15 is 0 Å². The van der Waals surface area contributed by atoms with E-state index in [4.69, 9.17) is 4.74 Å². The molecule has 1 heterocycles. The molecule has 3 amide bonds. The van der Waals surface area contributed by atoms with Crippen LogP contribution in [0.5, 0.6) is 5.75 Å². The standard InChI is InChI=1S/C19H18N4O5/c1-12-4-5-13(10-16(12)23(26)27)11-20-22-17(24)19(2,21-18(22)25)14-6-8-15(28-3)9-7-14/h4-11H,1-3H3,(H,21,25)/b20-11-/t19-/m0/s1. The van der Waals surface area contributed by atoms with Crippen molar-refractivity contribution in [3.05, 3.63) is 69.3 Å². The summed E-state index contributed by atoms with van der Waals surface area (Å²) in [4.78, 5) is 35.7. The average Bonchev–Trinajstić information content (AvgIpc) is 2.90. The number of hydrazone groups is 1. The summed E-state index contributed by atoms with van der Waals surface area (Å²) in [6, 6.07) is 10.6. The maximum absolute atomic E-state index is 12.8. The van der Waals surface area contributed by atoms with Crippen molar-refractivity contribution in [3.63, 3.8) is 0 Å². The number of nitrogens with zero attached hydrogens (tertiary/aromatic N) is 3. The summed E-state index contributed by atoms with van der Waals surface area (Å²) in [5.41, 5.74) is 0.139. The lowest BCUT2D eigenvalue weighted by Gasteiger charge is -2.21. The third-order valence-electron chi connectivity index (χ3n) is 4.59. The van der Waals surface area contributed by atoms with E-state index in [9.17, 15) is 19.7 Å². The summed E-state index contributed by atoms with van der Waals surface area (Å²) in [5, 5.41) is 18.3. The molecule has 0 aromatic heterocycles. The van der Waals surface area contributed by atoms with Gasteiger partial charge in [-0.25, -0.2) is 4.79 Å². The minimum Gasteiger partial charge on any atom is -0.497 e. The lowest BCUT2D eigenvalue weighted by atomic mass is 9.92. The molecular formula is C19H18N4O5. The first kappa shape index (κ1) is 19.0. The van der Waals surface area contributed by atoms with E-state index in [1.54, 1.807) is 50.2 Å². The molecule has 0 spiro atoms. The van der Waals surface area contributed by atoms with E-state index in [1.807, 2.05) is 0 Å². The first-order chi connectivity index (χ1) is 13.3. The number of hydrogen-bond donors (Lipinski definition) is 1. The highest BCUT2D eigenvalue weighted by molar-refractivity contribution is 6.07. The number of hydrogen-bond acceptors (Lipinski definition) is 6. The third-order valence-corrected chi connectivity index (χ3v) is 4.59. The Hall–Kier alpha value is -3.75. The van der Waals surface area contributed by atoms with Gasteiger partial charge in [-0.05, 0) is 31.5 Å². The van der Waals surface area contributed by atoms with Crippen molar-refractivity contribution in [2.24, 2.45) is 5.10 Å². The zero-order valence-corrected chi connectivity index (χ0v) is 15.5. The minimum atomic E-state index is -1.28. The van der Waals surface area contributed by atoms with Crippen LogP contribution in [-0.4, -0.2) is 35.2 Å². The van der Waals surface area contributed by atoms with Gasteiger partial charge in [0, 0.05) is 17.2 Å². The number of imide groups is 1. The molecular weight excluding hydrogens is 364 g/mol. The van der Waals surface area contributed by atoms with Gasteiger partial charge in [0.1, 0.15) is 11.3 Å². The van der Waals surface area contributed by atoms with Crippen LogP contribution in [0.1, 0.15) is 23.6 Å². The number of carbonyl (C=O) groups is 2. The first-order valence-corrected chi connectivity index (χ1v) is 8.36. The van der Waals surface area contributed by atoms with Crippen LogP contribution < -0.4 is 10.1 Å². The highest BCUT2D eigenvalue weighted by Gasteiger charge is 2.49. The summed E-state index contributed by atoms with van der Waals surface area (Å²) in [5.74, 6) is 0.0699. The van der Waals surface area contributed by atoms with E-state index in [-0.39, 0.29) is 5.69 Å². The number of ether oxygens (including phenoxy) is 1. The largest absolute Gasteiger partial charge is 0.497 e. The highest BCUT2D eigenvalue weighted by atomic mass is 16.6. The number of nitro groups is 1. The Morgan fingerprint density at radius 2 is 1.89 bits per heavy atom. The van der Waals surface area contributed by atoms with Gasteiger partial charge in [0.05, 0.1) is 18.2 Å². The van der Waals surface area contributed by atoms with Gasteiger partial charge in [-0.1, -0.05) is 24.3 Å². The van der Waals surface area contributed by atoms with Crippen molar-refractivity contribution in [2.75, 3.05) is 7.11 Å². The van der Waals surface area contributed by atoms with Crippen molar-refractivity contribution < 1.29 is 19.2 Å². The molecule has 0 aliphatic carbocycles. The number of carbonyl (C=O) groups excluding carboxylic acids is 2. The van der Waals surface area contributed by atoms with E-state index in [0.29, 0.717) is 22.4 Å². The van der Waals surface area contributed by atoms with Gasteiger partial charge < -0.3 is 10.1 Å². The number of nitrogens with one attached hydrogen (secondary N) is 1. The molecule has 9 heteroatoms. The summed E-state index contributed by atoms with van der Waals surface area (Å²) in [7, 11) is 1.53. The highest BCUT2D eigenvalue weighted by Crippen LogP contribution is 2.30. The van der Waals surface area contributed by atoms with Crippen LogP contribution >= 0.6 is 0 Å². The Morgan fingerprint density at radius 3 is 2.50 bits per heavy atom. The second-order valence-electron chi connectivity index (χ2n) is 6.45. The molecule has 0 radical (unpaired) electrons. The summed E-state index contributed by atoms with van der Waals surface area (Å²) in [6.07, 6.45) is 1.24. The molecule has 0 bridgehead atoms. The summed E-state index contributed by atoms with van der Waals surface area (Å²) < 4.78 is 5.10. The molecule has 2 aromatic carbocycles. The van der Waals surface area contributed by atoms with Crippen LogP contribution in [0.3, 0.4) is 0 Å². The zero-order valence-electron chi connectivity index (χ0n) is 15.5. The second-order valence-corrected chi connectivity index (χ2v) is 6.45. The van der Waals surface area contributed by atoms with E-state index < -0.39 is 22.4 Å². The van der Waals surface area contributed by atoms with Crippen molar-refractivity contribution in [1.82, 2.24) is 10.3 Å². The fraction of sp³-hybridized carbons (Fsp3) is 0.211. The fourth-order valence-corrected chi connectivity index (χ4v) is 2.88. The smallest absolute Gasteiger partial charge is 0.346 e. The normalized spacial score (nSPS) is 19.2. The van der Waals surface area contributed by atoms with Gasteiger partial charge in [0.2, 0.25) is 0 Å². The molecule has 0 unspecified atom stereocenters. The van der Waals surface area contributed by atoms with Gasteiger partial charge in [-0.3, -0.25) is 14.9 Å². The van der Waals surface area contributed by atoms with Gasteiger partial charge in [0.25, 0.3) is 11.6 Å². The molecule has 144 valence electrons. The van der Waals surface area contributed by atoms with E-state index in [1.165, 1.54) is 19.4 Å². The molecule has 1 aliphatic rings. The van der Waals surface area contributed by atoms with Gasteiger partial charge in [0.15, 0.2) is 0 Å². The molecule has 0 saturated carbocycles. The minimum absolute atomic E-state index is 0.0655. The fourth-order valence-electron chi connectivity index (χ4n) is 2.88. The molecule has 1 N–H and O–H groups in total. The SMILES string of the molecule is COc1ccc([C@]2(C)NC(=O)N(/N=C\c3ccc(C)c([N+](=O)[O-])c3)C2=O)cc1. The summed E-state index contributed by atoms with van der Waals surface area (Å²) in [6.45, 7) is 3.21. The maximum atomic E-state index is 12.8. The van der Waals surface area contributed by atoms with Crippen LogP contribution in [-0.2, 0) is 10.3 Å². The van der Waals surface area contributed by atoms with E-state index in [2.05, 4.69) is 10.4 Å².